The van der Waals surface area contributed by atoms with Crippen molar-refractivity contribution in [1.29, 1.82) is 0 Å². The Labute approximate surface area is 99.9 Å². The van der Waals surface area contributed by atoms with Gasteiger partial charge in [-0.1, -0.05) is 5.16 Å². The topological polar surface area (TPSA) is 96.9 Å². The molecular formula is C10H17N5O2. The molecule has 0 spiro atoms. The zero-order valence-electron chi connectivity index (χ0n) is 10.2. The van der Waals surface area contributed by atoms with Crippen LogP contribution in [0.15, 0.2) is 17.4 Å². The van der Waals surface area contributed by atoms with Crippen molar-refractivity contribution in [1.82, 2.24) is 10.2 Å². The molecule has 7 heteroatoms. The minimum absolute atomic E-state index is 0.00590. The molecule has 0 fully saturated rings. The molecule has 0 bridgehead atoms. The predicted molar refractivity (Wildman–Crippen MR) is 64.3 cm³/mol. The summed E-state index contributed by atoms with van der Waals surface area (Å²) < 4.78 is 5.07. The van der Waals surface area contributed by atoms with Crippen molar-refractivity contribution < 1.29 is 9.94 Å². The minimum atomic E-state index is 0.00590. The van der Waals surface area contributed by atoms with Gasteiger partial charge in [0.15, 0.2) is 11.7 Å². The van der Waals surface area contributed by atoms with Gasteiger partial charge in [0.05, 0.1) is 24.4 Å². The first-order valence-electron chi connectivity index (χ1n) is 5.13. The lowest BCUT2D eigenvalue weighted by atomic mass is 10.2. The Morgan fingerprint density at radius 3 is 3.00 bits per heavy atom. The number of amidine groups is 1. The van der Waals surface area contributed by atoms with Gasteiger partial charge >= 0.3 is 0 Å². The van der Waals surface area contributed by atoms with E-state index in [4.69, 9.17) is 15.7 Å². The fourth-order valence-corrected chi connectivity index (χ4v) is 1.40. The van der Waals surface area contributed by atoms with Gasteiger partial charge in [-0.2, -0.15) is 5.10 Å². The lowest BCUT2D eigenvalue weighted by Crippen LogP contribution is -2.35. The molecule has 94 valence electrons. The average Bonchev–Trinajstić information content (AvgIpc) is 2.37. The zero-order chi connectivity index (χ0) is 12.8. The number of anilines is 1. The Bertz CT molecular complexity index is 396. The van der Waals surface area contributed by atoms with E-state index < -0.39 is 0 Å². The summed E-state index contributed by atoms with van der Waals surface area (Å²) in [5.41, 5.74) is 6.12. The minimum Gasteiger partial charge on any atom is -0.409 e. The first kappa shape index (κ1) is 13.2. The zero-order valence-corrected chi connectivity index (χ0v) is 10.2. The van der Waals surface area contributed by atoms with E-state index in [1.165, 1.54) is 6.20 Å². The number of nitrogens with zero attached hydrogens (tertiary/aromatic N) is 4. The van der Waals surface area contributed by atoms with Gasteiger partial charge < -0.3 is 20.6 Å². The molecule has 0 aromatic carbocycles. The summed E-state index contributed by atoms with van der Waals surface area (Å²) in [7, 11) is 3.48. The lowest BCUT2D eigenvalue weighted by Gasteiger charge is -2.26. The van der Waals surface area contributed by atoms with Crippen molar-refractivity contribution in [2.24, 2.45) is 10.9 Å². The maximum atomic E-state index is 8.71. The number of nitrogens with two attached hydrogens (primary N) is 1. The van der Waals surface area contributed by atoms with E-state index in [9.17, 15) is 0 Å². The van der Waals surface area contributed by atoms with Crippen LogP contribution in [-0.4, -0.2) is 48.0 Å². The Balaban J connectivity index is 3.04. The third-order valence-corrected chi connectivity index (χ3v) is 2.49. The van der Waals surface area contributed by atoms with Gasteiger partial charge in [-0.15, -0.1) is 5.10 Å². The van der Waals surface area contributed by atoms with Crippen molar-refractivity contribution in [2.75, 3.05) is 25.7 Å². The van der Waals surface area contributed by atoms with Crippen molar-refractivity contribution in [3.8, 4) is 0 Å². The van der Waals surface area contributed by atoms with Crippen LogP contribution in [0.4, 0.5) is 5.82 Å². The number of hydrogen-bond donors (Lipinski definition) is 2. The largest absolute Gasteiger partial charge is 0.409 e. The van der Waals surface area contributed by atoms with Crippen molar-refractivity contribution in [2.45, 2.75) is 13.0 Å². The van der Waals surface area contributed by atoms with E-state index in [0.717, 1.165) is 0 Å². The predicted octanol–water partition coefficient (Wildman–Crippen LogP) is 0.0422. The van der Waals surface area contributed by atoms with Crippen LogP contribution in [0.3, 0.4) is 0 Å². The second-order valence-corrected chi connectivity index (χ2v) is 3.67. The Kier molecular flexibility index (Phi) is 4.65. The fourth-order valence-electron chi connectivity index (χ4n) is 1.40. The molecule has 0 saturated carbocycles. The first-order chi connectivity index (χ1) is 8.11. The molecule has 1 atom stereocenters. The van der Waals surface area contributed by atoms with Crippen LogP contribution < -0.4 is 10.6 Å². The summed E-state index contributed by atoms with van der Waals surface area (Å²) in [5, 5.41) is 19.5. The normalized spacial score (nSPS) is 13.5. The van der Waals surface area contributed by atoms with Crippen LogP contribution in [0, 0.1) is 0 Å². The van der Waals surface area contributed by atoms with Crippen molar-refractivity contribution in [3.63, 3.8) is 0 Å². The van der Waals surface area contributed by atoms with Gasteiger partial charge in [0.2, 0.25) is 0 Å². The molecule has 3 N–H and O–H groups in total. The van der Waals surface area contributed by atoms with E-state index in [-0.39, 0.29) is 11.9 Å². The lowest BCUT2D eigenvalue weighted by molar-refractivity contribution is 0.183. The Morgan fingerprint density at radius 2 is 2.41 bits per heavy atom. The second kappa shape index (κ2) is 6.00. The van der Waals surface area contributed by atoms with Gasteiger partial charge in [-0.3, -0.25) is 0 Å². The van der Waals surface area contributed by atoms with Gasteiger partial charge in [-0.25, -0.2) is 0 Å². The number of rotatable bonds is 5. The molecule has 0 aliphatic rings. The molecule has 0 amide bonds. The van der Waals surface area contributed by atoms with Gasteiger partial charge in [0.25, 0.3) is 0 Å². The number of aromatic nitrogens is 2. The van der Waals surface area contributed by atoms with Crippen LogP contribution in [0.5, 0.6) is 0 Å². The maximum Gasteiger partial charge on any atom is 0.173 e. The van der Waals surface area contributed by atoms with E-state index >= 15 is 0 Å². The van der Waals surface area contributed by atoms with Gasteiger partial charge in [-0.05, 0) is 13.0 Å². The van der Waals surface area contributed by atoms with Crippen LogP contribution in [0.25, 0.3) is 0 Å². The van der Waals surface area contributed by atoms with Crippen LogP contribution >= 0.6 is 0 Å². The van der Waals surface area contributed by atoms with E-state index in [1.807, 2.05) is 18.9 Å². The summed E-state index contributed by atoms with van der Waals surface area (Å²) in [6.45, 7) is 2.52. The molecule has 7 nitrogen and oxygen atoms in total. The number of hydrogen-bond acceptors (Lipinski definition) is 6. The number of methoxy groups -OCH3 is 1. The second-order valence-electron chi connectivity index (χ2n) is 3.67. The van der Waals surface area contributed by atoms with Crippen LogP contribution in [0.2, 0.25) is 0 Å². The summed E-state index contributed by atoms with van der Waals surface area (Å²) in [6.07, 6.45) is 1.49. The molecule has 0 aliphatic carbocycles. The molecule has 0 saturated heterocycles. The molecule has 1 rings (SSSR count). The number of oxime groups is 1. The highest BCUT2D eigenvalue weighted by atomic mass is 16.5. The highest BCUT2D eigenvalue weighted by Gasteiger charge is 2.17. The summed E-state index contributed by atoms with van der Waals surface area (Å²) in [4.78, 5) is 1.86. The molecule has 1 heterocycles. The fraction of sp³-hybridized carbons (Fsp3) is 0.500. The number of ether oxygens (including phenoxy) is 1. The molecule has 1 aromatic rings. The van der Waals surface area contributed by atoms with E-state index in [0.29, 0.717) is 18.0 Å². The third-order valence-electron chi connectivity index (χ3n) is 2.49. The quantitative estimate of drug-likeness (QED) is 0.326. The smallest absolute Gasteiger partial charge is 0.173 e. The highest BCUT2D eigenvalue weighted by Crippen LogP contribution is 2.16. The SMILES string of the molecule is COCC(C)N(C)c1nnccc1/C(N)=N/O. The molecule has 0 radical (unpaired) electrons. The first-order valence-corrected chi connectivity index (χ1v) is 5.13. The van der Waals surface area contributed by atoms with Crippen LogP contribution in [-0.2, 0) is 4.74 Å². The van der Waals surface area contributed by atoms with Crippen molar-refractivity contribution in [3.05, 3.63) is 17.8 Å². The van der Waals surface area contributed by atoms with Gasteiger partial charge in [0.1, 0.15) is 0 Å². The average molecular weight is 239 g/mol. The third kappa shape index (κ3) is 3.04. The molecular weight excluding hydrogens is 222 g/mol. The highest BCUT2D eigenvalue weighted by molar-refractivity contribution is 6.01. The molecule has 1 aromatic heterocycles. The summed E-state index contributed by atoms with van der Waals surface area (Å²) in [6, 6.07) is 1.75. The maximum absolute atomic E-state index is 8.71. The Morgan fingerprint density at radius 1 is 1.71 bits per heavy atom. The summed E-state index contributed by atoms with van der Waals surface area (Å²) >= 11 is 0. The van der Waals surface area contributed by atoms with E-state index in [2.05, 4.69) is 15.4 Å². The van der Waals surface area contributed by atoms with Crippen LogP contribution in [0.1, 0.15) is 12.5 Å². The number of likely N-dealkylation sites (N-methyl/N-ethyl adjacent to an activating group) is 1. The monoisotopic (exact) mass is 239 g/mol. The van der Waals surface area contributed by atoms with Crippen molar-refractivity contribution >= 4 is 11.7 Å². The molecule has 1 unspecified atom stereocenters. The molecule has 17 heavy (non-hydrogen) atoms. The standard InChI is InChI=1S/C10H17N5O2/c1-7(6-17-3)15(2)10-8(9(11)14-16)4-5-12-13-10/h4-5,7,16H,6H2,1-3H3,(H2,11,14). The van der Waals surface area contributed by atoms with Gasteiger partial charge in [0, 0.05) is 14.2 Å². The molecule has 0 aliphatic heterocycles. The van der Waals surface area contributed by atoms with E-state index in [1.54, 1.807) is 13.2 Å². The Hall–Kier alpha value is -1.89. The summed E-state index contributed by atoms with van der Waals surface area (Å²) in [5.74, 6) is 0.554.